The van der Waals surface area contributed by atoms with Crippen LogP contribution in [0.25, 0.3) is 0 Å². The van der Waals surface area contributed by atoms with E-state index in [9.17, 15) is 8.42 Å². The molecule has 1 heterocycles. The molecule has 0 aliphatic heterocycles. The highest BCUT2D eigenvalue weighted by atomic mass is 35.5. The van der Waals surface area contributed by atoms with Gasteiger partial charge in [0.15, 0.2) is 0 Å². The first-order chi connectivity index (χ1) is 9.42. The van der Waals surface area contributed by atoms with Crippen molar-refractivity contribution in [3.63, 3.8) is 0 Å². The maximum absolute atomic E-state index is 12.1. The van der Waals surface area contributed by atoms with Crippen LogP contribution < -0.4 is 9.46 Å². The monoisotopic (exact) mass is 333 g/mol. The van der Waals surface area contributed by atoms with Gasteiger partial charge in [-0.1, -0.05) is 11.6 Å². The van der Waals surface area contributed by atoms with E-state index >= 15 is 0 Å². The first-order valence-corrected chi connectivity index (χ1v) is 7.50. The highest BCUT2D eigenvalue weighted by Crippen LogP contribution is 2.28. The molecule has 0 aliphatic rings. The second-order valence-electron chi connectivity index (χ2n) is 3.64. The van der Waals surface area contributed by atoms with Crippen molar-refractivity contribution in [2.24, 2.45) is 0 Å². The molecule has 106 valence electrons. The van der Waals surface area contributed by atoms with Gasteiger partial charge in [0.25, 0.3) is 10.0 Å². The number of halogens is 2. The van der Waals surface area contributed by atoms with Crippen LogP contribution in [0.15, 0.2) is 35.5 Å². The number of benzene rings is 1. The normalized spacial score (nSPS) is 11.2. The zero-order valence-corrected chi connectivity index (χ0v) is 12.5. The standard InChI is InChI=1S/C11H9Cl2N3O3S/c1-19-10-4-7(2-3-9(10)12)16-20(17,18)8-5-14-11(13)15-6-8/h2-6,16H,1H3. The molecule has 0 fully saturated rings. The Balaban J connectivity index is 2.30. The number of nitrogens with zero attached hydrogens (tertiary/aromatic N) is 2. The molecule has 0 unspecified atom stereocenters. The van der Waals surface area contributed by atoms with Crippen LogP contribution in [0, 0.1) is 0 Å². The predicted molar refractivity (Wildman–Crippen MR) is 75.9 cm³/mol. The SMILES string of the molecule is COc1cc(NS(=O)(=O)c2cnc(Cl)nc2)ccc1Cl. The Morgan fingerprint density at radius 3 is 2.45 bits per heavy atom. The van der Waals surface area contributed by atoms with Gasteiger partial charge in [-0.2, -0.15) is 0 Å². The lowest BCUT2D eigenvalue weighted by molar-refractivity contribution is 0.415. The number of anilines is 1. The van der Waals surface area contributed by atoms with Gasteiger partial charge in [-0.05, 0) is 23.7 Å². The third-order valence-corrected chi connectivity index (χ3v) is 4.15. The first-order valence-electron chi connectivity index (χ1n) is 5.26. The van der Waals surface area contributed by atoms with E-state index in [1.807, 2.05) is 0 Å². The summed E-state index contributed by atoms with van der Waals surface area (Å²) in [6, 6.07) is 4.51. The molecule has 2 rings (SSSR count). The molecule has 0 bridgehead atoms. The molecule has 9 heteroatoms. The Morgan fingerprint density at radius 2 is 1.85 bits per heavy atom. The summed E-state index contributed by atoms with van der Waals surface area (Å²) >= 11 is 11.4. The van der Waals surface area contributed by atoms with E-state index in [1.165, 1.54) is 25.3 Å². The fourth-order valence-electron chi connectivity index (χ4n) is 1.38. The van der Waals surface area contributed by atoms with Crippen molar-refractivity contribution in [1.29, 1.82) is 0 Å². The highest BCUT2D eigenvalue weighted by molar-refractivity contribution is 7.92. The van der Waals surface area contributed by atoms with Crippen LogP contribution in [0.5, 0.6) is 5.75 Å². The van der Waals surface area contributed by atoms with Crippen LogP contribution in [0.3, 0.4) is 0 Å². The number of sulfonamides is 1. The molecule has 0 amide bonds. The van der Waals surface area contributed by atoms with E-state index in [-0.39, 0.29) is 10.2 Å². The number of ether oxygens (including phenoxy) is 1. The second-order valence-corrected chi connectivity index (χ2v) is 6.07. The quantitative estimate of drug-likeness (QED) is 0.869. The third-order valence-electron chi connectivity index (χ3n) is 2.31. The molecule has 1 aromatic carbocycles. The molecule has 0 radical (unpaired) electrons. The zero-order valence-electron chi connectivity index (χ0n) is 10.2. The smallest absolute Gasteiger partial charge is 0.264 e. The van der Waals surface area contributed by atoms with Crippen LogP contribution in [0.1, 0.15) is 0 Å². The lowest BCUT2D eigenvalue weighted by Gasteiger charge is -2.09. The van der Waals surface area contributed by atoms with Gasteiger partial charge < -0.3 is 4.74 Å². The third kappa shape index (κ3) is 3.30. The van der Waals surface area contributed by atoms with Crippen LogP contribution >= 0.6 is 23.2 Å². The van der Waals surface area contributed by atoms with Gasteiger partial charge in [-0.15, -0.1) is 0 Å². The van der Waals surface area contributed by atoms with Gasteiger partial charge in [-0.25, -0.2) is 18.4 Å². The second kappa shape index (κ2) is 5.82. The first kappa shape index (κ1) is 14.8. The van der Waals surface area contributed by atoms with Crippen LogP contribution in [-0.4, -0.2) is 25.5 Å². The van der Waals surface area contributed by atoms with Crippen molar-refractivity contribution in [2.45, 2.75) is 4.90 Å². The number of hydrogen-bond acceptors (Lipinski definition) is 5. The summed E-state index contributed by atoms with van der Waals surface area (Å²) in [7, 11) is -2.36. The van der Waals surface area contributed by atoms with Crippen molar-refractivity contribution in [3.05, 3.63) is 40.9 Å². The molecule has 1 N–H and O–H groups in total. The average molecular weight is 334 g/mol. The van der Waals surface area contributed by atoms with E-state index in [0.717, 1.165) is 12.4 Å². The van der Waals surface area contributed by atoms with Crippen molar-refractivity contribution < 1.29 is 13.2 Å². The molecule has 0 spiro atoms. The minimum Gasteiger partial charge on any atom is -0.495 e. The fourth-order valence-corrected chi connectivity index (χ4v) is 2.61. The van der Waals surface area contributed by atoms with Crippen LogP contribution in [-0.2, 0) is 10.0 Å². The predicted octanol–water partition coefficient (Wildman–Crippen LogP) is 2.59. The van der Waals surface area contributed by atoms with E-state index in [2.05, 4.69) is 14.7 Å². The molecule has 2 aromatic rings. The van der Waals surface area contributed by atoms with Crippen molar-refractivity contribution in [1.82, 2.24) is 9.97 Å². The van der Waals surface area contributed by atoms with Crippen molar-refractivity contribution in [2.75, 3.05) is 11.8 Å². The van der Waals surface area contributed by atoms with Gasteiger partial charge in [-0.3, -0.25) is 4.72 Å². The molecule has 0 saturated carbocycles. The molecule has 0 saturated heterocycles. The Kier molecular flexibility index (Phi) is 4.32. The van der Waals surface area contributed by atoms with E-state index in [0.29, 0.717) is 16.5 Å². The molecule has 1 aromatic heterocycles. The largest absolute Gasteiger partial charge is 0.495 e. The van der Waals surface area contributed by atoms with Gasteiger partial charge >= 0.3 is 0 Å². The average Bonchev–Trinajstić information content (AvgIpc) is 2.41. The minimum absolute atomic E-state index is 0.0305. The fraction of sp³-hybridized carbons (Fsp3) is 0.0909. The molecular formula is C11H9Cl2N3O3S. The summed E-state index contributed by atoms with van der Waals surface area (Å²) in [4.78, 5) is 7.15. The van der Waals surface area contributed by atoms with E-state index < -0.39 is 10.0 Å². The lowest BCUT2D eigenvalue weighted by atomic mass is 10.3. The maximum Gasteiger partial charge on any atom is 0.264 e. The molecule has 6 nitrogen and oxygen atoms in total. The van der Waals surface area contributed by atoms with Crippen molar-refractivity contribution in [3.8, 4) is 5.75 Å². The number of aromatic nitrogens is 2. The van der Waals surface area contributed by atoms with E-state index in [4.69, 9.17) is 27.9 Å². The number of rotatable bonds is 4. The summed E-state index contributed by atoms with van der Waals surface area (Å²) in [6.07, 6.45) is 2.23. The number of nitrogens with one attached hydrogen (secondary N) is 1. The topological polar surface area (TPSA) is 81.2 Å². The summed E-state index contributed by atoms with van der Waals surface area (Å²) in [5, 5.41) is 0.349. The van der Waals surface area contributed by atoms with Gasteiger partial charge in [0.1, 0.15) is 10.6 Å². The van der Waals surface area contributed by atoms with E-state index in [1.54, 1.807) is 0 Å². The Morgan fingerprint density at radius 1 is 1.20 bits per heavy atom. The Bertz CT molecular complexity index is 720. The Labute approximate surface area is 125 Å². The van der Waals surface area contributed by atoms with Crippen LogP contribution in [0.2, 0.25) is 10.3 Å². The molecular weight excluding hydrogens is 325 g/mol. The molecule has 0 atom stereocenters. The zero-order chi connectivity index (χ0) is 14.8. The Hall–Kier alpha value is -1.57. The van der Waals surface area contributed by atoms with Gasteiger partial charge in [0.05, 0.1) is 30.2 Å². The number of hydrogen-bond donors (Lipinski definition) is 1. The summed E-state index contributed by atoms with van der Waals surface area (Å²) in [6.45, 7) is 0. The lowest BCUT2D eigenvalue weighted by Crippen LogP contribution is -2.13. The van der Waals surface area contributed by atoms with Crippen molar-refractivity contribution >= 4 is 38.9 Å². The highest BCUT2D eigenvalue weighted by Gasteiger charge is 2.16. The van der Waals surface area contributed by atoms with Gasteiger partial charge in [0.2, 0.25) is 5.28 Å². The molecule has 20 heavy (non-hydrogen) atoms. The minimum atomic E-state index is -3.80. The summed E-state index contributed by atoms with van der Waals surface area (Å²) < 4.78 is 31.6. The molecule has 0 aliphatic carbocycles. The summed E-state index contributed by atoms with van der Waals surface area (Å²) in [5.74, 6) is 0.360. The van der Waals surface area contributed by atoms with Gasteiger partial charge in [0, 0.05) is 6.07 Å². The number of methoxy groups -OCH3 is 1. The maximum atomic E-state index is 12.1. The van der Waals surface area contributed by atoms with Crippen LogP contribution in [0.4, 0.5) is 5.69 Å². The summed E-state index contributed by atoms with van der Waals surface area (Å²) in [5.41, 5.74) is 0.307.